The Hall–Kier alpha value is -1.47. The van der Waals surface area contributed by atoms with Crippen molar-refractivity contribution in [1.29, 1.82) is 0 Å². The standard InChI is InChI=1S/C11H7ClF3N3S/c12-6-1-2-10(18-4-6)19-8-3-9(11(13,14)15)17-5-7(8)16/h1-5H,16H2. The van der Waals surface area contributed by atoms with E-state index < -0.39 is 11.9 Å². The van der Waals surface area contributed by atoms with Gasteiger partial charge in [0.05, 0.1) is 16.9 Å². The molecule has 0 radical (unpaired) electrons. The number of halogens is 4. The van der Waals surface area contributed by atoms with Gasteiger partial charge in [0.25, 0.3) is 0 Å². The third kappa shape index (κ3) is 3.51. The Morgan fingerprint density at radius 3 is 2.47 bits per heavy atom. The predicted molar refractivity (Wildman–Crippen MR) is 67.0 cm³/mol. The van der Waals surface area contributed by atoms with Gasteiger partial charge in [-0.15, -0.1) is 0 Å². The maximum Gasteiger partial charge on any atom is 0.433 e. The van der Waals surface area contributed by atoms with Gasteiger partial charge in [-0.05, 0) is 18.2 Å². The summed E-state index contributed by atoms with van der Waals surface area (Å²) in [5.74, 6) is 0. The van der Waals surface area contributed by atoms with Gasteiger partial charge in [0.15, 0.2) is 0 Å². The van der Waals surface area contributed by atoms with Crippen LogP contribution < -0.4 is 5.73 Å². The normalized spacial score (nSPS) is 11.6. The summed E-state index contributed by atoms with van der Waals surface area (Å²) in [6, 6.07) is 4.09. The van der Waals surface area contributed by atoms with E-state index in [2.05, 4.69) is 9.97 Å². The van der Waals surface area contributed by atoms with Crippen molar-refractivity contribution in [2.45, 2.75) is 16.1 Å². The van der Waals surface area contributed by atoms with Gasteiger partial charge in [-0.25, -0.2) is 9.97 Å². The molecule has 2 heterocycles. The minimum Gasteiger partial charge on any atom is -0.397 e. The first kappa shape index (κ1) is 14.0. The van der Waals surface area contributed by atoms with Crippen LogP contribution in [0, 0.1) is 0 Å². The fourth-order valence-corrected chi connectivity index (χ4v) is 2.15. The van der Waals surface area contributed by atoms with Crippen molar-refractivity contribution in [3.8, 4) is 0 Å². The largest absolute Gasteiger partial charge is 0.433 e. The molecular formula is C11H7ClF3N3S. The zero-order valence-electron chi connectivity index (χ0n) is 9.28. The molecule has 0 aliphatic heterocycles. The lowest BCUT2D eigenvalue weighted by Gasteiger charge is -2.09. The number of nitrogens with zero attached hydrogens (tertiary/aromatic N) is 2. The van der Waals surface area contributed by atoms with Crippen molar-refractivity contribution in [3.05, 3.63) is 41.3 Å². The molecule has 0 saturated carbocycles. The summed E-state index contributed by atoms with van der Waals surface area (Å²) in [6.45, 7) is 0. The molecule has 0 amide bonds. The summed E-state index contributed by atoms with van der Waals surface area (Å²) in [4.78, 5) is 7.49. The molecule has 0 fully saturated rings. The highest BCUT2D eigenvalue weighted by Crippen LogP contribution is 2.35. The Morgan fingerprint density at radius 1 is 1.16 bits per heavy atom. The lowest BCUT2D eigenvalue weighted by atomic mass is 10.3. The van der Waals surface area contributed by atoms with Crippen molar-refractivity contribution in [1.82, 2.24) is 9.97 Å². The zero-order chi connectivity index (χ0) is 14.0. The Balaban J connectivity index is 2.31. The van der Waals surface area contributed by atoms with Gasteiger partial charge >= 0.3 is 6.18 Å². The quantitative estimate of drug-likeness (QED) is 0.914. The Morgan fingerprint density at radius 2 is 1.89 bits per heavy atom. The molecule has 2 rings (SSSR count). The fourth-order valence-electron chi connectivity index (χ4n) is 1.23. The second-order valence-electron chi connectivity index (χ2n) is 3.52. The van der Waals surface area contributed by atoms with Crippen LogP contribution in [-0.2, 0) is 6.18 Å². The first-order chi connectivity index (χ1) is 8.86. The SMILES string of the molecule is Nc1cnc(C(F)(F)F)cc1Sc1ccc(Cl)cn1. The molecule has 3 nitrogen and oxygen atoms in total. The summed E-state index contributed by atoms with van der Waals surface area (Å²) >= 11 is 6.69. The van der Waals surface area contributed by atoms with Crippen LogP contribution in [0.5, 0.6) is 0 Å². The fraction of sp³-hybridized carbons (Fsp3) is 0.0909. The highest BCUT2D eigenvalue weighted by Gasteiger charge is 2.33. The summed E-state index contributed by atoms with van der Waals surface area (Å²) in [5.41, 5.74) is 4.78. The minimum absolute atomic E-state index is 0.162. The topological polar surface area (TPSA) is 51.8 Å². The molecule has 0 atom stereocenters. The van der Waals surface area contributed by atoms with Crippen LogP contribution in [-0.4, -0.2) is 9.97 Å². The van der Waals surface area contributed by atoms with E-state index in [-0.39, 0.29) is 10.6 Å². The first-order valence-corrected chi connectivity index (χ1v) is 6.18. The molecule has 2 aromatic rings. The monoisotopic (exact) mass is 305 g/mol. The Labute approximate surface area is 116 Å². The van der Waals surface area contributed by atoms with Crippen LogP contribution in [0.25, 0.3) is 0 Å². The van der Waals surface area contributed by atoms with Crippen molar-refractivity contribution in [2.24, 2.45) is 0 Å². The molecular weight excluding hydrogens is 299 g/mol. The molecule has 2 N–H and O–H groups in total. The van der Waals surface area contributed by atoms with E-state index >= 15 is 0 Å². The number of hydrogen-bond donors (Lipinski definition) is 1. The van der Waals surface area contributed by atoms with Crippen molar-refractivity contribution in [2.75, 3.05) is 5.73 Å². The summed E-state index contributed by atoms with van der Waals surface area (Å²) < 4.78 is 37.6. The average Bonchev–Trinajstić information content (AvgIpc) is 2.33. The lowest BCUT2D eigenvalue weighted by molar-refractivity contribution is -0.141. The van der Waals surface area contributed by atoms with Crippen LogP contribution in [0.2, 0.25) is 5.02 Å². The molecule has 0 spiro atoms. The third-order valence-electron chi connectivity index (χ3n) is 2.10. The van der Waals surface area contributed by atoms with Gasteiger partial charge in [-0.2, -0.15) is 13.2 Å². The molecule has 0 aliphatic carbocycles. The molecule has 2 aromatic heterocycles. The van der Waals surface area contributed by atoms with Gasteiger partial charge in [-0.1, -0.05) is 23.4 Å². The molecule has 0 aromatic carbocycles. The van der Waals surface area contributed by atoms with E-state index in [1.165, 1.54) is 6.20 Å². The van der Waals surface area contributed by atoms with Gasteiger partial charge in [0.2, 0.25) is 0 Å². The van der Waals surface area contributed by atoms with E-state index in [0.717, 1.165) is 24.0 Å². The summed E-state index contributed by atoms with van der Waals surface area (Å²) in [7, 11) is 0. The number of alkyl halides is 3. The number of nitrogens with two attached hydrogens (primary N) is 1. The molecule has 0 saturated heterocycles. The van der Waals surface area contributed by atoms with Gasteiger partial charge in [0.1, 0.15) is 10.7 Å². The van der Waals surface area contributed by atoms with E-state index in [4.69, 9.17) is 17.3 Å². The van der Waals surface area contributed by atoms with Crippen LogP contribution >= 0.6 is 23.4 Å². The zero-order valence-corrected chi connectivity index (χ0v) is 10.9. The van der Waals surface area contributed by atoms with Crippen molar-refractivity contribution in [3.63, 3.8) is 0 Å². The number of nitrogen functional groups attached to an aromatic ring is 1. The highest BCUT2D eigenvalue weighted by atomic mass is 35.5. The number of rotatable bonds is 2. The Kier molecular flexibility index (Phi) is 3.86. The summed E-state index contributed by atoms with van der Waals surface area (Å²) in [5, 5.41) is 0.943. The van der Waals surface area contributed by atoms with Gasteiger partial charge < -0.3 is 5.73 Å². The smallest absolute Gasteiger partial charge is 0.397 e. The second-order valence-corrected chi connectivity index (χ2v) is 5.02. The van der Waals surface area contributed by atoms with Crippen LogP contribution in [0.4, 0.5) is 18.9 Å². The average molecular weight is 306 g/mol. The van der Waals surface area contributed by atoms with Crippen LogP contribution in [0.1, 0.15) is 5.69 Å². The minimum atomic E-state index is -4.50. The molecule has 0 aliphatic rings. The molecule has 8 heteroatoms. The lowest BCUT2D eigenvalue weighted by Crippen LogP contribution is -2.08. The predicted octanol–water partition coefficient (Wildman–Crippen LogP) is 3.88. The molecule has 100 valence electrons. The van der Waals surface area contributed by atoms with E-state index in [1.807, 2.05) is 0 Å². The number of hydrogen-bond acceptors (Lipinski definition) is 4. The number of pyridine rings is 2. The van der Waals surface area contributed by atoms with Crippen molar-refractivity contribution >= 4 is 29.1 Å². The highest BCUT2D eigenvalue weighted by molar-refractivity contribution is 7.99. The first-order valence-electron chi connectivity index (χ1n) is 4.98. The molecule has 0 bridgehead atoms. The van der Waals surface area contributed by atoms with Gasteiger partial charge in [0, 0.05) is 11.1 Å². The third-order valence-corrected chi connectivity index (χ3v) is 3.35. The van der Waals surface area contributed by atoms with Gasteiger partial charge in [-0.3, -0.25) is 0 Å². The van der Waals surface area contributed by atoms with E-state index in [1.54, 1.807) is 12.1 Å². The molecule has 0 unspecified atom stereocenters. The maximum absolute atomic E-state index is 12.5. The van der Waals surface area contributed by atoms with E-state index in [9.17, 15) is 13.2 Å². The van der Waals surface area contributed by atoms with Crippen LogP contribution in [0.3, 0.4) is 0 Å². The number of aromatic nitrogens is 2. The van der Waals surface area contributed by atoms with E-state index in [0.29, 0.717) is 10.0 Å². The Bertz CT molecular complexity index is 587. The second kappa shape index (κ2) is 5.26. The van der Waals surface area contributed by atoms with Crippen molar-refractivity contribution < 1.29 is 13.2 Å². The van der Waals surface area contributed by atoms with Crippen LogP contribution in [0.15, 0.2) is 40.5 Å². The summed E-state index contributed by atoms with van der Waals surface area (Å²) in [6.07, 6.45) is -2.11. The number of anilines is 1. The maximum atomic E-state index is 12.5. The molecule has 19 heavy (non-hydrogen) atoms.